The monoisotopic (exact) mass is 347 g/mol. The van der Waals surface area contributed by atoms with E-state index in [1.54, 1.807) is 25.3 Å². The van der Waals surface area contributed by atoms with E-state index in [2.05, 4.69) is 15.9 Å². The molecule has 1 aromatic rings. The first-order chi connectivity index (χ1) is 8.95. The molecule has 0 saturated heterocycles. The van der Waals surface area contributed by atoms with E-state index < -0.39 is 9.84 Å². The summed E-state index contributed by atoms with van der Waals surface area (Å²) in [6.07, 6.45) is 3.12. The highest BCUT2D eigenvalue weighted by Crippen LogP contribution is 2.33. The Morgan fingerprint density at radius 1 is 1.37 bits per heavy atom. The predicted molar refractivity (Wildman–Crippen MR) is 78.8 cm³/mol. The molecule has 2 atom stereocenters. The highest BCUT2D eigenvalue weighted by atomic mass is 79.9. The lowest BCUT2D eigenvalue weighted by molar-refractivity contribution is 0.0720. The molecule has 1 aliphatic carbocycles. The zero-order valence-electron chi connectivity index (χ0n) is 10.8. The molecule has 1 saturated carbocycles. The van der Waals surface area contributed by atoms with Crippen LogP contribution >= 0.6 is 15.9 Å². The van der Waals surface area contributed by atoms with Gasteiger partial charge in [0, 0.05) is 17.3 Å². The minimum Gasteiger partial charge on any atom is -0.399 e. The van der Waals surface area contributed by atoms with E-state index in [1.165, 1.54) is 0 Å². The number of sulfone groups is 1. The molecular formula is C13H18BrNO3S. The van der Waals surface area contributed by atoms with E-state index in [0.29, 0.717) is 27.9 Å². The average molecular weight is 348 g/mol. The van der Waals surface area contributed by atoms with Crippen molar-refractivity contribution in [2.24, 2.45) is 0 Å². The molecule has 2 rings (SSSR count). The zero-order chi connectivity index (χ0) is 14.0. The van der Waals surface area contributed by atoms with E-state index in [-0.39, 0.29) is 11.4 Å². The summed E-state index contributed by atoms with van der Waals surface area (Å²) in [5.74, 6) is 0. The van der Waals surface area contributed by atoms with Crippen molar-refractivity contribution in [2.45, 2.75) is 41.9 Å². The predicted octanol–water partition coefficient (Wildman–Crippen LogP) is 2.76. The summed E-state index contributed by atoms with van der Waals surface area (Å²) < 4.78 is 31.1. The second-order valence-corrected chi connectivity index (χ2v) is 7.93. The van der Waals surface area contributed by atoms with Crippen molar-refractivity contribution < 1.29 is 13.2 Å². The first kappa shape index (κ1) is 14.8. The molecule has 4 nitrogen and oxygen atoms in total. The van der Waals surface area contributed by atoms with Crippen molar-refractivity contribution in [2.75, 3.05) is 12.8 Å². The number of nitrogen functional groups attached to an aromatic ring is 1. The normalized spacial score (nSPS) is 24.3. The van der Waals surface area contributed by atoms with Crippen LogP contribution in [0.3, 0.4) is 0 Å². The molecule has 0 aliphatic heterocycles. The molecular weight excluding hydrogens is 330 g/mol. The molecule has 2 N–H and O–H groups in total. The van der Waals surface area contributed by atoms with Crippen LogP contribution in [0, 0.1) is 0 Å². The first-order valence-electron chi connectivity index (χ1n) is 6.27. The Labute approximate surface area is 122 Å². The van der Waals surface area contributed by atoms with Crippen LogP contribution in [-0.2, 0) is 14.6 Å². The van der Waals surface area contributed by atoms with E-state index in [4.69, 9.17) is 10.5 Å². The quantitative estimate of drug-likeness (QED) is 0.853. The van der Waals surface area contributed by atoms with Crippen LogP contribution in [0.25, 0.3) is 0 Å². The molecule has 2 unspecified atom stereocenters. The van der Waals surface area contributed by atoms with Gasteiger partial charge in [-0.1, -0.05) is 0 Å². The summed E-state index contributed by atoms with van der Waals surface area (Å²) >= 11 is 3.29. The van der Waals surface area contributed by atoms with Gasteiger partial charge in [-0.2, -0.15) is 0 Å². The van der Waals surface area contributed by atoms with Gasteiger partial charge in [0.25, 0.3) is 0 Å². The van der Waals surface area contributed by atoms with Crippen molar-refractivity contribution in [3.63, 3.8) is 0 Å². The van der Waals surface area contributed by atoms with Gasteiger partial charge in [-0.3, -0.25) is 0 Å². The van der Waals surface area contributed by atoms with Crippen molar-refractivity contribution in [1.82, 2.24) is 0 Å². The van der Waals surface area contributed by atoms with E-state index in [9.17, 15) is 8.42 Å². The fourth-order valence-corrected chi connectivity index (χ4v) is 5.49. The lowest BCUT2D eigenvalue weighted by Crippen LogP contribution is -2.31. The molecule has 1 aromatic carbocycles. The molecule has 0 spiro atoms. The first-order valence-corrected chi connectivity index (χ1v) is 8.61. The summed E-state index contributed by atoms with van der Waals surface area (Å²) in [6.45, 7) is 0. The summed E-state index contributed by atoms with van der Waals surface area (Å²) in [5, 5.41) is -0.369. The second-order valence-electron chi connectivity index (χ2n) is 4.88. The summed E-state index contributed by atoms with van der Waals surface area (Å²) in [7, 11) is -1.70. The van der Waals surface area contributed by atoms with Gasteiger partial charge in [0.05, 0.1) is 16.2 Å². The smallest absolute Gasteiger partial charge is 0.182 e. The Morgan fingerprint density at radius 3 is 2.74 bits per heavy atom. The second kappa shape index (κ2) is 5.81. The molecule has 0 bridgehead atoms. The number of halogens is 1. The van der Waals surface area contributed by atoms with Crippen LogP contribution in [0.2, 0.25) is 0 Å². The maximum Gasteiger partial charge on any atom is 0.182 e. The van der Waals surface area contributed by atoms with Crippen LogP contribution in [0.4, 0.5) is 5.69 Å². The number of rotatable bonds is 3. The van der Waals surface area contributed by atoms with Crippen LogP contribution in [-0.4, -0.2) is 26.9 Å². The third-order valence-corrected chi connectivity index (χ3v) is 6.81. The van der Waals surface area contributed by atoms with Crippen LogP contribution < -0.4 is 5.73 Å². The molecule has 0 amide bonds. The lowest BCUT2D eigenvalue weighted by atomic mass is 9.97. The Bertz CT molecular complexity index is 559. The molecule has 0 radical (unpaired) electrons. The van der Waals surface area contributed by atoms with Gasteiger partial charge in [-0.05, 0) is 59.8 Å². The van der Waals surface area contributed by atoms with Gasteiger partial charge in [0.1, 0.15) is 0 Å². The Morgan fingerprint density at radius 2 is 2.11 bits per heavy atom. The molecule has 6 heteroatoms. The molecule has 106 valence electrons. The number of hydrogen-bond donors (Lipinski definition) is 1. The highest BCUT2D eigenvalue weighted by Gasteiger charge is 2.34. The fourth-order valence-electron chi connectivity index (χ4n) is 2.53. The summed E-state index contributed by atoms with van der Waals surface area (Å²) in [4.78, 5) is 0.323. The number of nitrogens with two attached hydrogens (primary N) is 1. The van der Waals surface area contributed by atoms with Crippen LogP contribution in [0.5, 0.6) is 0 Å². The lowest BCUT2D eigenvalue weighted by Gasteiger charge is -2.28. The Hall–Kier alpha value is -0.590. The largest absolute Gasteiger partial charge is 0.399 e. The van der Waals surface area contributed by atoms with Crippen molar-refractivity contribution in [1.29, 1.82) is 0 Å². The average Bonchev–Trinajstić information content (AvgIpc) is 2.38. The maximum absolute atomic E-state index is 12.7. The topological polar surface area (TPSA) is 69.4 Å². The van der Waals surface area contributed by atoms with E-state index in [0.717, 1.165) is 12.8 Å². The standard InChI is InChI=1S/C13H18BrNO3S/c1-18-10-3-2-4-11(8-10)19(16,17)13-6-5-9(15)7-12(13)14/h5-7,10-11H,2-4,8,15H2,1H3. The number of methoxy groups -OCH3 is 1. The summed E-state index contributed by atoms with van der Waals surface area (Å²) in [5.41, 5.74) is 6.19. The zero-order valence-corrected chi connectivity index (χ0v) is 13.2. The molecule has 0 heterocycles. The van der Waals surface area contributed by atoms with Gasteiger partial charge < -0.3 is 10.5 Å². The number of anilines is 1. The van der Waals surface area contributed by atoms with Gasteiger partial charge in [-0.15, -0.1) is 0 Å². The van der Waals surface area contributed by atoms with Crippen molar-refractivity contribution >= 4 is 31.5 Å². The Kier molecular flexibility index (Phi) is 4.53. The van der Waals surface area contributed by atoms with E-state index in [1.807, 2.05) is 0 Å². The third-order valence-electron chi connectivity index (χ3n) is 3.61. The number of benzene rings is 1. The van der Waals surface area contributed by atoms with Gasteiger partial charge in [0.15, 0.2) is 9.84 Å². The Balaban J connectivity index is 2.31. The highest BCUT2D eigenvalue weighted by molar-refractivity contribution is 9.10. The van der Waals surface area contributed by atoms with Crippen molar-refractivity contribution in [3.8, 4) is 0 Å². The van der Waals surface area contributed by atoms with Gasteiger partial charge in [-0.25, -0.2) is 8.42 Å². The molecule has 1 aliphatic rings. The fraction of sp³-hybridized carbons (Fsp3) is 0.538. The maximum atomic E-state index is 12.7. The SMILES string of the molecule is COC1CCCC(S(=O)(=O)c2ccc(N)cc2Br)C1. The van der Waals surface area contributed by atoms with Crippen LogP contribution in [0.1, 0.15) is 25.7 Å². The van der Waals surface area contributed by atoms with Crippen LogP contribution in [0.15, 0.2) is 27.6 Å². The minimum absolute atomic E-state index is 0.0427. The molecule has 1 fully saturated rings. The summed E-state index contributed by atoms with van der Waals surface area (Å²) in [6, 6.07) is 4.82. The molecule has 19 heavy (non-hydrogen) atoms. The number of hydrogen-bond acceptors (Lipinski definition) is 4. The van der Waals surface area contributed by atoms with Gasteiger partial charge >= 0.3 is 0 Å². The van der Waals surface area contributed by atoms with Crippen molar-refractivity contribution in [3.05, 3.63) is 22.7 Å². The van der Waals surface area contributed by atoms with E-state index >= 15 is 0 Å². The molecule has 0 aromatic heterocycles. The number of ether oxygens (including phenoxy) is 1. The van der Waals surface area contributed by atoms with Gasteiger partial charge in [0.2, 0.25) is 0 Å². The minimum atomic E-state index is -3.33. The third kappa shape index (κ3) is 3.12.